The lowest BCUT2D eigenvalue weighted by molar-refractivity contribution is -0.131. The van der Waals surface area contributed by atoms with Crippen molar-refractivity contribution in [2.45, 2.75) is 33.2 Å². The number of aromatic nitrogens is 4. The molecule has 0 atom stereocenters. The Morgan fingerprint density at radius 1 is 1.35 bits per heavy atom. The second-order valence-electron chi connectivity index (χ2n) is 5.97. The van der Waals surface area contributed by atoms with Crippen molar-refractivity contribution in [1.29, 1.82) is 0 Å². The standard InChI is InChI=1S/C16H22N6O/c1-10-13(11(2)21(4)20-10)8-16(23)22-6-5-14-12(9-22)7-15(17-3)19-18-14/h7H,5-6,8-9H2,1-4H3,(H,17,19). The highest BCUT2D eigenvalue weighted by Crippen LogP contribution is 2.20. The topological polar surface area (TPSA) is 75.9 Å². The lowest BCUT2D eigenvalue weighted by Gasteiger charge is -2.28. The lowest BCUT2D eigenvalue weighted by Crippen LogP contribution is -2.37. The largest absolute Gasteiger partial charge is 0.372 e. The third kappa shape index (κ3) is 2.91. The molecule has 0 aliphatic carbocycles. The number of rotatable bonds is 3. The van der Waals surface area contributed by atoms with Gasteiger partial charge < -0.3 is 10.2 Å². The normalized spacial score (nSPS) is 13.8. The second-order valence-corrected chi connectivity index (χ2v) is 5.97. The fourth-order valence-electron chi connectivity index (χ4n) is 3.00. The predicted molar refractivity (Wildman–Crippen MR) is 87.1 cm³/mol. The second kappa shape index (κ2) is 5.98. The Balaban J connectivity index is 1.76. The van der Waals surface area contributed by atoms with Gasteiger partial charge in [-0.2, -0.15) is 10.2 Å². The zero-order valence-electron chi connectivity index (χ0n) is 14.1. The van der Waals surface area contributed by atoms with Crippen LogP contribution in [0.2, 0.25) is 0 Å². The molecule has 2 aromatic heterocycles. The van der Waals surface area contributed by atoms with Crippen molar-refractivity contribution >= 4 is 11.7 Å². The number of nitrogens with zero attached hydrogens (tertiary/aromatic N) is 5. The van der Waals surface area contributed by atoms with E-state index >= 15 is 0 Å². The fourth-order valence-corrected chi connectivity index (χ4v) is 3.00. The van der Waals surface area contributed by atoms with Gasteiger partial charge in [-0.3, -0.25) is 9.48 Å². The molecular weight excluding hydrogens is 292 g/mol. The number of hydrogen-bond acceptors (Lipinski definition) is 5. The predicted octanol–water partition coefficient (Wildman–Crippen LogP) is 0.996. The fraction of sp³-hybridized carbons (Fsp3) is 0.500. The third-order valence-electron chi connectivity index (χ3n) is 4.54. The Kier molecular flexibility index (Phi) is 4.02. The van der Waals surface area contributed by atoms with E-state index in [2.05, 4.69) is 20.6 Å². The summed E-state index contributed by atoms with van der Waals surface area (Å²) in [5, 5.41) is 15.7. The minimum atomic E-state index is 0.137. The average Bonchev–Trinajstić information content (AvgIpc) is 2.80. The SMILES string of the molecule is CNc1cc2c(nn1)CCN(C(=O)Cc1c(C)nn(C)c1C)C2. The summed E-state index contributed by atoms with van der Waals surface area (Å²) < 4.78 is 1.83. The zero-order chi connectivity index (χ0) is 16.6. The Labute approximate surface area is 135 Å². The van der Waals surface area contributed by atoms with E-state index in [9.17, 15) is 4.79 Å². The van der Waals surface area contributed by atoms with E-state index in [4.69, 9.17) is 0 Å². The Hall–Kier alpha value is -2.44. The van der Waals surface area contributed by atoms with Gasteiger partial charge in [-0.1, -0.05) is 0 Å². The lowest BCUT2D eigenvalue weighted by atomic mass is 10.0. The molecule has 0 aromatic carbocycles. The number of anilines is 1. The van der Waals surface area contributed by atoms with Gasteiger partial charge in [-0.15, -0.1) is 5.10 Å². The number of carbonyl (C=O) groups excluding carboxylic acids is 1. The molecular formula is C16H22N6O. The van der Waals surface area contributed by atoms with E-state index in [0.717, 1.165) is 40.4 Å². The van der Waals surface area contributed by atoms with Crippen LogP contribution in [0.4, 0.5) is 5.82 Å². The molecule has 0 unspecified atom stereocenters. The first kappa shape index (κ1) is 15.5. The summed E-state index contributed by atoms with van der Waals surface area (Å²) in [6, 6.07) is 1.97. The third-order valence-corrected chi connectivity index (χ3v) is 4.54. The molecule has 0 saturated heterocycles. The molecule has 7 nitrogen and oxygen atoms in total. The van der Waals surface area contributed by atoms with Crippen molar-refractivity contribution in [3.63, 3.8) is 0 Å². The number of amides is 1. The molecule has 0 radical (unpaired) electrons. The van der Waals surface area contributed by atoms with Gasteiger partial charge in [0.2, 0.25) is 5.91 Å². The van der Waals surface area contributed by atoms with Crippen LogP contribution in [-0.2, 0) is 31.2 Å². The molecule has 1 aliphatic rings. The van der Waals surface area contributed by atoms with Crippen LogP contribution in [0.5, 0.6) is 0 Å². The maximum absolute atomic E-state index is 12.7. The highest BCUT2D eigenvalue weighted by molar-refractivity contribution is 5.79. The smallest absolute Gasteiger partial charge is 0.227 e. The Bertz CT molecular complexity index is 751. The van der Waals surface area contributed by atoms with E-state index in [1.807, 2.05) is 43.6 Å². The molecule has 23 heavy (non-hydrogen) atoms. The molecule has 0 fully saturated rings. The first-order valence-corrected chi connectivity index (χ1v) is 7.79. The van der Waals surface area contributed by atoms with Crippen molar-refractivity contribution in [3.05, 3.63) is 34.3 Å². The summed E-state index contributed by atoms with van der Waals surface area (Å²) in [5.74, 6) is 0.870. The van der Waals surface area contributed by atoms with Crippen LogP contribution < -0.4 is 5.32 Å². The molecule has 0 saturated carbocycles. The van der Waals surface area contributed by atoms with Crippen LogP contribution in [0.1, 0.15) is 28.2 Å². The molecule has 3 rings (SSSR count). The summed E-state index contributed by atoms with van der Waals surface area (Å²) in [6.45, 7) is 5.24. The minimum Gasteiger partial charge on any atom is -0.372 e. The molecule has 7 heteroatoms. The van der Waals surface area contributed by atoms with Crippen LogP contribution in [0.25, 0.3) is 0 Å². The van der Waals surface area contributed by atoms with E-state index in [-0.39, 0.29) is 5.91 Å². The maximum atomic E-state index is 12.7. The van der Waals surface area contributed by atoms with Gasteiger partial charge in [-0.05, 0) is 25.5 Å². The van der Waals surface area contributed by atoms with Gasteiger partial charge in [-0.25, -0.2) is 0 Å². The van der Waals surface area contributed by atoms with E-state index < -0.39 is 0 Å². The number of aryl methyl sites for hydroxylation is 2. The Morgan fingerprint density at radius 2 is 2.13 bits per heavy atom. The van der Waals surface area contributed by atoms with Crippen LogP contribution in [0.15, 0.2) is 6.07 Å². The van der Waals surface area contributed by atoms with Gasteiger partial charge in [0.15, 0.2) is 0 Å². The quantitative estimate of drug-likeness (QED) is 0.914. The molecule has 2 aromatic rings. The molecule has 1 aliphatic heterocycles. The highest BCUT2D eigenvalue weighted by atomic mass is 16.2. The summed E-state index contributed by atoms with van der Waals surface area (Å²) >= 11 is 0. The molecule has 0 spiro atoms. The molecule has 0 bridgehead atoms. The minimum absolute atomic E-state index is 0.137. The van der Waals surface area contributed by atoms with Gasteiger partial charge >= 0.3 is 0 Å². The highest BCUT2D eigenvalue weighted by Gasteiger charge is 2.24. The van der Waals surface area contributed by atoms with Gasteiger partial charge in [0.05, 0.1) is 17.8 Å². The van der Waals surface area contributed by atoms with Crippen molar-refractivity contribution in [3.8, 4) is 0 Å². The number of carbonyl (C=O) groups is 1. The van der Waals surface area contributed by atoms with Crippen LogP contribution >= 0.6 is 0 Å². The molecule has 1 N–H and O–H groups in total. The van der Waals surface area contributed by atoms with Crippen molar-refractivity contribution in [1.82, 2.24) is 24.9 Å². The zero-order valence-corrected chi connectivity index (χ0v) is 14.1. The van der Waals surface area contributed by atoms with Gasteiger partial charge in [0.25, 0.3) is 0 Å². The maximum Gasteiger partial charge on any atom is 0.227 e. The number of nitrogens with one attached hydrogen (secondary N) is 1. The van der Waals surface area contributed by atoms with Gasteiger partial charge in [0.1, 0.15) is 5.82 Å². The molecule has 1 amide bonds. The summed E-state index contributed by atoms with van der Waals surface area (Å²) in [4.78, 5) is 14.6. The van der Waals surface area contributed by atoms with Crippen molar-refractivity contribution < 1.29 is 4.79 Å². The first-order valence-electron chi connectivity index (χ1n) is 7.79. The summed E-state index contributed by atoms with van der Waals surface area (Å²) in [6.07, 6.45) is 1.15. The monoisotopic (exact) mass is 314 g/mol. The van der Waals surface area contributed by atoms with Crippen molar-refractivity contribution in [2.24, 2.45) is 7.05 Å². The molecule has 122 valence electrons. The van der Waals surface area contributed by atoms with E-state index in [0.29, 0.717) is 19.5 Å². The molecule has 3 heterocycles. The summed E-state index contributed by atoms with van der Waals surface area (Å²) in [7, 11) is 3.72. The number of fused-ring (bicyclic) bond motifs is 1. The average molecular weight is 314 g/mol. The van der Waals surface area contributed by atoms with E-state index in [1.54, 1.807) is 0 Å². The number of hydrogen-bond donors (Lipinski definition) is 1. The Morgan fingerprint density at radius 3 is 2.78 bits per heavy atom. The first-order chi connectivity index (χ1) is 11.0. The van der Waals surface area contributed by atoms with E-state index in [1.165, 1.54) is 0 Å². The van der Waals surface area contributed by atoms with Crippen molar-refractivity contribution in [2.75, 3.05) is 18.9 Å². The van der Waals surface area contributed by atoms with Crippen LogP contribution in [0.3, 0.4) is 0 Å². The van der Waals surface area contributed by atoms with Crippen LogP contribution in [0, 0.1) is 13.8 Å². The van der Waals surface area contributed by atoms with Crippen LogP contribution in [-0.4, -0.2) is 44.4 Å². The summed E-state index contributed by atoms with van der Waals surface area (Å²) in [5.41, 5.74) is 5.08. The van der Waals surface area contributed by atoms with Gasteiger partial charge in [0, 0.05) is 44.9 Å².